The van der Waals surface area contributed by atoms with Crippen LogP contribution in [0.2, 0.25) is 0 Å². The molecule has 2 aromatic rings. The molecule has 1 aromatic heterocycles. The molecule has 0 aliphatic carbocycles. The van der Waals surface area contributed by atoms with E-state index in [1.165, 1.54) is 16.9 Å². The molecule has 0 spiro atoms. The van der Waals surface area contributed by atoms with E-state index in [0.29, 0.717) is 12.7 Å². The molecule has 0 bridgehead atoms. The summed E-state index contributed by atoms with van der Waals surface area (Å²) >= 11 is 1.75. The quantitative estimate of drug-likeness (QED) is 0.872. The molecular formula is C18H23N3O2S. The van der Waals surface area contributed by atoms with Gasteiger partial charge in [0.1, 0.15) is 0 Å². The highest BCUT2D eigenvalue weighted by Gasteiger charge is 2.23. The van der Waals surface area contributed by atoms with Gasteiger partial charge in [0, 0.05) is 30.1 Å². The van der Waals surface area contributed by atoms with Crippen molar-refractivity contribution in [2.75, 3.05) is 26.4 Å². The first-order valence-electron chi connectivity index (χ1n) is 8.49. The van der Waals surface area contributed by atoms with Crippen molar-refractivity contribution in [3.63, 3.8) is 0 Å². The summed E-state index contributed by atoms with van der Waals surface area (Å²) in [4.78, 5) is 8.28. The molecule has 2 aliphatic rings. The molecule has 128 valence electrons. The Morgan fingerprint density at radius 2 is 2.29 bits per heavy atom. The molecule has 1 atom stereocenters. The summed E-state index contributed by atoms with van der Waals surface area (Å²) in [6.45, 7) is 7.58. The minimum Gasteiger partial charge on any atom is -0.454 e. The Morgan fingerprint density at radius 1 is 1.33 bits per heavy atom. The predicted molar refractivity (Wildman–Crippen MR) is 94.5 cm³/mol. The van der Waals surface area contributed by atoms with E-state index in [2.05, 4.69) is 34.3 Å². The third-order valence-electron chi connectivity index (χ3n) is 4.76. The summed E-state index contributed by atoms with van der Waals surface area (Å²) in [5.41, 5.74) is 4.29. The van der Waals surface area contributed by atoms with Crippen molar-refractivity contribution in [2.45, 2.75) is 26.4 Å². The van der Waals surface area contributed by atoms with E-state index in [1.807, 2.05) is 11.6 Å². The lowest BCUT2D eigenvalue weighted by atomic mass is 10.1. The Balaban J connectivity index is 1.53. The third-order valence-corrected chi connectivity index (χ3v) is 5.68. The van der Waals surface area contributed by atoms with Gasteiger partial charge < -0.3 is 14.8 Å². The number of aryl methyl sites for hydroxylation is 1. The summed E-state index contributed by atoms with van der Waals surface area (Å²) in [5.74, 6) is 2.49. The van der Waals surface area contributed by atoms with E-state index in [4.69, 9.17) is 9.47 Å². The molecule has 3 heterocycles. The maximum Gasteiger partial charge on any atom is 0.231 e. The molecule has 0 unspecified atom stereocenters. The van der Waals surface area contributed by atoms with Gasteiger partial charge in [-0.2, -0.15) is 0 Å². The van der Waals surface area contributed by atoms with Crippen LogP contribution in [0.15, 0.2) is 23.7 Å². The van der Waals surface area contributed by atoms with Gasteiger partial charge in [0.05, 0.1) is 11.2 Å². The monoisotopic (exact) mass is 345 g/mol. The number of hydrogen-bond donors (Lipinski definition) is 1. The van der Waals surface area contributed by atoms with Crippen LogP contribution in [0, 0.1) is 12.8 Å². The number of thiazole rings is 1. The van der Waals surface area contributed by atoms with Crippen molar-refractivity contribution in [3.05, 3.63) is 39.8 Å². The lowest BCUT2D eigenvalue weighted by Crippen LogP contribution is -2.30. The van der Waals surface area contributed by atoms with Crippen molar-refractivity contribution in [3.8, 4) is 11.5 Å². The highest BCUT2D eigenvalue weighted by molar-refractivity contribution is 7.09. The van der Waals surface area contributed by atoms with Gasteiger partial charge in [0.25, 0.3) is 0 Å². The summed E-state index contributed by atoms with van der Waals surface area (Å²) in [5, 5.41) is 3.47. The molecule has 0 radical (unpaired) electrons. The second-order valence-electron chi connectivity index (χ2n) is 6.54. The van der Waals surface area contributed by atoms with Crippen LogP contribution in [0.25, 0.3) is 0 Å². The number of fused-ring (bicyclic) bond motifs is 1. The normalized spacial score (nSPS) is 19.3. The van der Waals surface area contributed by atoms with Crippen LogP contribution >= 0.6 is 11.3 Å². The maximum absolute atomic E-state index is 5.69. The maximum atomic E-state index is 5.69. The van der Waals surface area contributed by atoms with E-state index in [0.717, 1.165) is 49.9 Å². The minimum atomic E-state index is 0.326. The lowest BCUT2D eigenvalue weighted by Gasteiger charge is -2.25. The second-order valence-corrected chi connectivity index (χ2v) is 7.48. The largest absolute Gasteiger partial charge is 0.454 e. The van der Waals surface area contributed by atoms with E-state index in [1.54, 1.807) is 11.3 Å². The highest BCUT2D eigenvalue weighted by Crippen LogP contribution is 2.36. The van der Waals surface area contributed by atoms with Crippen LogP contribution in [0.1, 0.15) is 22.6 Å². The number of aromatic nitrogens is 1. The fourth-order valence-electron chi connectivity index (χ4n) is 3.46. The molecule has 2 aliphatic heterocycles. The first-order chi connectivity index (χ1) is 11.8. The van der Waals surface area contributed by atoms with Gasteiger partial charge in [0.2, 0.25) is 6.79 Å². The van der Waals surface area contributed by atoms with Crippen LogP contribution in [0.4, 0.5) is 0 Å². The Morgan fingerprint density at radius 3 is 3.08 bits per heavy atom. The standard InChI is InChI=1S/C18H23N3O2S/c1-13-17(24-11-20-13)10-21(8-14-5-6-19-7-14)9-15-3-2-4-16-18(15)23-12-22-16/h2-4,11,14,19H,5-10,12H2,1H3/t14-/m1/s1. The van der Waals surface area contributed by atoms with Crippen molar-refractivity contribution >= 4 is 11.3 Å². The van der Waals surface area contributed by atoms with E-state index in [9.17, 15) is 0 Å². The predicted octanol–water partition coefficient (Wildman–Crippen LogP) is 2.79. The summed E-state index contributed by atoms with van der Waals surface area (Å²) in [6, 6.07) is 6.17. The van der Waals surface area contributed by atoms with Crippen LogP contribution < -0.4 is 14.8 Å². The molecule has 1 N–H and O–H groups in total. The fourth-order valence-corrected chi connectivity index (χ4v) is 4.28. The van der Waals surface area contributed by atoms with Crippen LogP contribution in [0.5, 0.6) is 11.5 Å². The van der Waals surface area contributed by atoms with Gasteiger partial charge >= 0.3 is 0 Å². The SMILES string of the molecule is Cc1ncsc1CN(Cc1cccc2c1OCO2)C[C@@H]1CCNC1. The lowest BCUT2D eigenvalue weighted by molar-refractivity contribution is 0.170. The van der Waals surface area contributed by atoms with Gasteiger partial charge in [-0.1, -0.05) is 12.1 Å². The second kappa shape index (κ2) is 7.09. The van der Waals surface area contributed by atoms with E-state index in [-0.39, 0.29) is 0 Å². The summed E-state index contributed by atoms with van der Waals surface area (Å²) in [7, 11) is 0. The Kier molecular flexibility index (Phi) is 4.69. The molecule has 1 saturated heterocycles. The number of nitrogens with one attached hydrogen (secondary N) is 1. The average molecular weight is 345 g/mol. The minimum absolute atomic E-state index is 0.326. The van der Waals surface area contributed by atoms with Crippen LogP contribution in [0.3, 0.4) is 0 Å². The first-order valence-corrected chi connectivity index (χ1v) is 9.37. The molecule has 0 amide bonds. The number of nitrogens with zero attached hydrogens (tertiary/aromatic N) is 2. The number of benzene rings is 1. The van der Waals surface area contributed by atoms with Crippen molar-refractivity contribution < 1.29 is 9.47 Å². The molecule has 1 fully saturated rings. The van der Waals surface area contributed by atoms with Crippen LogP contribution in [-0.4, -0.2) is 36.3 Å². The van der Waals surface area contributed by atoms with Crippen molar-refractivity contribution in [1.82, 2.24) is 15.2 Å². The summed E-state index contributed by atoms with van der Waals surface area (Å²) < 4.78 is 11.2. The van der Waals surface area contributed by atoms with Crippen molar-refractivity contribution in [2.24, 2.45) is 5.92 Å². The Bertz CT molecular complexity index is 697. The van der Waals surface area contributed by atoms with Gasteiger partial charge in [-0.3, -0.25) is 4.90 Å². The molecule has 5 nitrogen and oxygen atoms in total. The van der Waals surface area contributed by atoms with Gasteiger partial charge in [-0.25, -0.2) is 4.98 Å². The number of ether oxygens (including phenoxy) is 2. The van der Waals surface area contributed by atoms with Gasteiger partial charge in [-0.05, 0) is 38.4 Å². The Hall–Kier alpha value is -1.63. The number of para-hydroxylation sites is 1. The highest BCUT2D eigenvalue weighted by atomic mass is 32.1. The zero-order valence-corrected chi connectivity index (χ0v) is 14.8. The van der Waals surface area contributed by atoms with E-state index >= 15 is 0 Å². The first kappa shape index (κ1) is 15.9. The van der Waals surface area contributed by atoms with Gasteiger partial charge in [-0.15, -0.1) is 11.3 Å². The average Bonchev–Trinajstić information content (AvgIpc) is 3.31. The number of hydrogen-bond acceptors (Lipinski definition) is 6. The van der Waals surface area contributed by atoms with Gasteiger partial charge in [0.15, 0.2) is 11.5 Å². The number of rotatable bonds is 6. The zero-order chi connectivity index (χ0) is 16.4. The smallest absolute Gasteiger partial charge is 0.231 e. The zero-order valence-electron chi connectivity index (χ0n) is 14.0. The summed E-state index contributed by atoms with van der Waals surface area (Å²) in [6.07, 6.45) is 1.25. The topological polar surface area (TPSA) is 46.6 Å². The molecule has 6 heteroatoms. The third kappa shape index (κ3) is 3.41. The van der Waals surface area contributed by atoms with E-state index < -0.39 is 0 Å². The molecule has 1 aromatic carbocycles. The molecule has 24 heavy (non-hydrogen) atoms. The molecule has 0 saturated carbocycles. The Labute approximate surface area is 146 Å². The van der Waals surface area contributed by atoms with Crippen molar-refractivity contribution in [1.29, 1.82) is 0 Å². The van der Waals surface area contributed by atoms with Crippen LogP contribution in [-0.2, 0) is 13.1 Å². The fraction of sp³-hybridized carbons (Fsp3) is 0.500. The molecular weight excluding hydrogens is 322 g/mol. The molecule has 4 rings (SSSR count).